The lowest BCUT2D eigenvalue weighted by Crippen LogP contribution is -2.05. The molecule has 0 aliphatic rings. The molecular weight excluding hydrogens is 212 g/mol. The van der Waals surface area contributed by atoms with Gasteiger partial charge in [-0.15, -0.1) is 11.6 Å². The van der Waals surface area contributed by atoms with E-state index in [-0.39, 0.29) is 5.97 Å². The Bertz CT molecular complexity index is 149. The minimum Gasteiger partial charge on any atom is -0.466 e. The number of esters is 1. The average Bonchev–Trinajstić information content (AvgIpc) is 2.24. The molecule has 0 spiro atoms. The monoisotopic (exact) mass is 234 g/mol. The molecule has 0 saturated heterocycles. The van der Waals surface area contributed by atoms with Crippen LogP contribution in [0.1, 0.15) is 58.3 Å². The van der Waals surface area contributed by atoms with Crippen molar-refractivity contribution < 1.29 is 9.53 Å². The molecule has 0 amide bonds. The van der Waals surface area contributed by atoms with E-state index in [4.69, 9.17) is 16.3 Å². The van der Waals surface area contributed by atoms with Gasteiger partial charge in [0.25, 0.3) is 0 Å². The van der Waals surface area contributed by atoms with Crippen LogP contribution in [0.2, 0.25) is 0 Å². The maximum Gasteiger partial charge on any atom is 0.305 e. The number of hydrogen-bond donors (Lipinski definition) is 0. The van der Waals surface area contributed by atoms with Gasteiger partial charge in [-0.1, -0.05) is 32.6 Å². The molecule has 0 heterocycles. The summed E-state index contributed by atoms with van der Waals surface area (Å²) in [4.78, 5) is 11.2. The zero-order valence-electron chi connectivity index (χ0n) is 9.77. The number of rotatable bonds is 10. The molecule has 2 nitrogen and oxygen atoms in total. The van der Waals surface area contributed by atoms with E-state index in [1.54, 1.807) is 0 Å². The van der Waals surface area contributed by atoms with Crippen molar-refractivity contribution in [3.63, 3.8) is 0 Å². The first kappa shape index (κ1) is 14.8. The third-order valence-electron chi connectivity index (χ3n) is 2.28. The van der Waals surface area contributed by atoms with Crippen molar-refractivity contribution in [3.05, 3.63) is 0 Å². The Balaban J connectivity index is 3.11. The summed E-state index contributed by atoms with van der Waals surface area (Å²) in [5.74, 6) is 0.593. The van der Waals surface area contributed by atoms with Crippen LogP contribution >= 0.6 is 11.6 Å². The van der Waals surface area contributed by atoms with Gasteiger partial charge in [0.15, 0.2) is 0 Å². The predicted octanol–water partition coefficient (Wildman–Crippen LogP) is 3.91. The number of hydrogen-bond acceptors (Lipinski definition) is 2. The summed E-state index contributed by atoms with van der Waals surface area (Å²) in [7, 11) is 0. The molecule has 0 rings (SSSR count). The van der Waals surface area contributed by atoms with Crippen molar-refractivity contribution in [2.45, 2.75) is 58.3 Å². The molecule has 0 aromatic rings. The Kier molecular flexibility index (Phi) is 11.6. The SMILES string of the molecule is CCCCCCCC(=O)OCCCCCl. The van der Waals surface area contributed by atoms with E-state index in [0.29, 0.717) is 18.9 Å². The van der Waals surface area contributed by atoms with Gasteiger partial charge in [-0.05, 0) is 19.3 Å². The Morgan fingerprint density at radius 1 is 1.07 bits per heavy atom. The second-order valence-electron chi connectivity index (χ2n) is 3.78. The first-order chi connectivity index (χ1) is 7.31. The van der Waals surface area contributed by atoms with E-state index in [0.717, 1.165) is 25.7 Å². The number of carbonyl (C=O) groups is 1. The van der Waals surface area contributed by atoms with Crippen molar-refractivity contribution in [1.82, 2.24) is 0 Å². The second kappa shape index (κ2) is 11.8. The highest BCUT2D eigenvalue weighted by Crippen LogP contribution is 2.06. The van der Waals surface area contributed by atoms with E-state index >= 15 is 0 Å². The van der Waals surface area contributed by atoms with Crippen LogP contribution in [0.4, 0.5) is 0 Å². The molecule has 0 aliphatic heterocycles. The zero-order chi connectivity index (χ0) is 11.4. The van der Waals surface area contributed by atoms with Gasteiger partial charge in [0.2, 0.25) is 0 Å². The first-order valence-corrected chi connectivity index (χ1v) is 6.56. The number of ether oxygens (including phenoxy) is 1. The third kappa shape index (κ3) is 11.7. The van der Waals surface area contributed by atoms with Crippen LogP contribution < -0.4 is 0 Å². The van der Waals surface area contributed by atoms with Gasteiger partial charge in [0.05, 0.1) is 6.61 Å². The summed E-state index contributed by atoms with van der Waals surface area (Å²) in [6, 6.07) is 0. The zero-order valence-corrected chi connectivity index (χ0v) is 10.5. The molecule has 0 aromatic heterocycles. The molecule has 0 aliphatic carbocycles. The standard InChI is InChI=1S/C12H23ClO2/c1-2-3-4-5-6-9-12(14)15-11-8-7-10-13/h2-11H2,1H3. The van der Waals surface area contributed by atoms with E-state index in [9.17, 15) is 4.79 Å². The second-order valence-corrected chi connectivity index (χ2v) is 4.16. The highest BCUT2D eigenvalue weighted by molar-refractivity contribution is 6.17. The van der Waals surface area contributed by atoms with E-state index in [2.05, 4.69) is 6.92 Å². The number of carbonyl (C=O) groups excluding carboxylic acids is 1. The van der Waals surface area contributed by atoms with E-state index in [1.165, 1.54) is 19.3 Å². The normalized spacial score (nSPS) is 10.3. The van der Waals surface area contributed by atoms with Crippen LogP contribution in [0.5, 0.6) is 0 Å². The summed E-state index contributed by atoms with van der Waals surface area (Å²) in [6.45, 7) is 2.71. The molecule has 0 bridgehead atoms. The fourth-order valence-electron chi connectivity index (χ4n) is 1.33. The molecule has 0 radical (unpaired) electrons. The van der Waals surface area contributed by atoms with Crippen molar-refractivity contribution in [3.8, 4) is 0 Å². The number of unbranched alkanes of at least 4 members (excludes halogenated alkanes) is 5. The van der Waals surface area contributed by atoms with Crippen molar-refractivity contribution in [2.24, 2.45) is 0 Å². The smallest absolute Gasteiger partial charge is 0.305 e. The molecule has 0 unspecified atom stereocenters. The van der Waals surface area contributed by atoms with Gasteiger partial charge in [-0.3, -0.25) is 4.79 Å². The maximum absolute atomic E-state index is 11.2. The quantitative estimate of drug-likeness (QED) is 0.326. The third-order valence-corrected chi connectivity index (χ3v) is 2.54. The summed E-state index contributed by atoms with van der Waals surface area (Å²) in [5.41, 5.74) is 0. The Hall–Kier alpha value is -0.240. The summed E-state index contributed by atoms with van der Waals surface area (Å²) in [5, 5.41) is 0. The van der Waals surface area contributed by atoms with Crippen LogP contribution in [-0.4, -0.2) is 18.5 Å². The largest absolute Gasteiger partial charge is 0.466 e. The molecule has 3 heteroatoms. The minimum absolute atomic E-state index is 0.0546. The summed E-state index contributed by atoms with van der Waals surface area (Å²) >= 11 is 5.51. The minimum atomic E-state index is -0.0546. The maximum atomic E-state index is 11.2. The van der Waals surface area contributed by atoms with Crippen molar-refractivity contribution >= 4 is 17.6 Å². The summed E-state index contributed by atoms with van der Waals surface area (Å²) < 4.78 is 5.05. The number of alkyl halides is 1. The fraction of sp³-hybridized carbons (Fsp3) is 0.917. The van der Waals surface area contributed by atoms with Gasteiger partial charge < -0.3 is 4.74 Å². The molecule has 15 heavy (non-hydrogen) atoms. The topological polar surface area (TPSA) is 26.3 Å². The van der Waals surface area contributed by atoms with Crippen LogP contribution in [0.3, 0.4) is 0 Å². The molecule has 0 aromatic carbocycles. The Labute approximate surface area is 98.3 Å². The lowest BCUT2D eigenvalue weighted by atomic mass is 10.1. The lowest BCUT2D eigenvalue weighted by molar-refractivity contribution is -0.143. The van der Waals surface area contributed by atoms with E-state index < -0.39 is 0 Å². The predicted molar refractivity (Wildman–Crippen MR) is 64.3 cm³/mol. The van der Waals surface area contributed by atoms with Gasteiger partial charge in [-0.25, -0.2) is 0 Å². The first-order valence-electron chi connectivity index (χ1n) is 6.02. The molecule has 0 fully saturated rings. The van der Waals surface area contributed by atoms with Crippen LogP contribution in [0.15, 0.2) is 0 Å². The highest BCUT2D eigenvalue weighted by Gasteiger charge is 2.01. The number of halogens is 1. The van der Waals surface area contributed by atoms with Gasteiger partial charge in [0, 0.05) is 12.3 Å². The van der Waals surface area contributed by atoms with Crippen molar-refractivity contribution in [1.29, 1.82) is 0 Å². The highest BCUT2D eigenvalue weighted by atomic mass is 35.5. The molecule has 0 N–H and O–H groups in total. The molecular formula is C12H23ClO2. The molecule has 0 atom stereocenters. The molecule has 90 valence electrons. The van der Waals surface area contributed by atoms with E-state index in [1.807, 2.05) is 0 Å². The lowest BCUT2D eigenvalue weighted by Gasteiger charge is -2.03. The van der Waals surface area contributed by atoms with Crippen molar-refractivity contribution in [2.75, 3.05) is 12.5 Å². The van der Waals surface area contributed by atoms with Gasteiger partial charge in [-0.2, -0.15) is 0 Å². The Morgan fingerprint density at radius 3 is 2.47 bits per heavy atom. The average molecular weight is 235 g/mol. The van der Waals surface area contributed by atoms with Gasteiger partial charge >= 0.3 is 5.97 Å². The van der Waals surface area contributed by atoms with Crippen LogP contribution in [-0.2, 0) is 9.53 Å². The Morgan fingerprint density at radius 2 is 1.80 bits per heavy atom. The fourth-order valence-corrected chi connectivity index (χ4v) is 1.52. The van der Waals surface area contributed by atoms with Crippen LogP contribution in [0.25, 0.3) is 0 Å². The summed E-state index contributed by atoms with van der Waals surface area (Å²) in [6.07, 6.45) is 8.23. The molecule has 0 saturated carbocycles. The van der Waals surface area contributed by atoms with Gasteiger partial charge in [0.1, 0.15) is 0 Å². The van der Waals surface area contributed by atoms with Crippen LogP contribution in [0, 0.1) is 0 Å².